The zero-order valence-corrected chi connectivity index (χ0v) is 12.8. The number of urea groups is 2. The number of amides is 4. The molecule has 1 heterocycles. The molecule has 4 amide bonds. The van der Waals surface area contributed by atoms with Crippen LogP contribution in [-0.4, -0.2) is 48.0 Å². The van der Waals surface area contributed by atoms with E-state index in [2.05, 4.69) is 5.32 Å². The molecule has 1 aromatic rings. The van der Waals surface area contributed by atoms with E-state index in [0.717, 1.165) is 5.56 Å². The molecule has 1 saturated heterocycles. The Labute approximate surface area is 132 Å². The van der Waals surface area contributed by atoms with Gasteiger partial charge < -0.3 is 20.9 Å². The fraction of sp³-hybridized carbons (Fsp3) is 0.385. The van der Waals surface area contributed by atoms with Crippen LogP contribution in [0.25, 0.3) is 0 Å². The Hall–Kier alpha value is -1.66. The fourth-order valence-corrected chi connectivity index (χ4v) is 2.55. The summed E-state index contributed by atoms with van der Waals surface area (Å²) in [4.78, 5) is 26.2. The van der Waals surface area contributed by atoms with E-state index in [4.69, 9.17) is 28.9 Å². The van der Waals surface area contributed by atoms with Crippen molar-refractivity contribution in [3.05, 3.63) is 33.8 Å². The van der Waals surface area contributed by atoms with E-state index in [1.54, 1.807) is 23.1 Å². The number of piperazine rings is 1. The second-order valence-corrected chi connectivity index (χ2v) is 5.55. The van der Waals surface area contributed by atoms with Crippen LogP contribution in [0.15, 0.2) is 18.2 Å². The summed E-state index contributed by atoms with van der Waals surface area (Å²) in [5.41, 5.74) is 5.99. The number of halogens is 2. The largest absolute Gasteiger partial charge is 0.351 e. The molecule has 0 radical (unpaired) electrons. The Bertz CT molecular complexity index is 545. The number of nitrogens with one attached hydrogen (secondary N) is 1. The van der Waals surface area contributed by atoms with E-state index in [9.17, 15) is 9.59 Å². The first-order valence-electron chi connectivity index (χ1n) is 6.48. The van der Waals surface area contributed by atoms with Crippen LogP contribution in [0, 0.1) is 0 Å². The van der Waals surface area contributed by atoms with Crippen molar-refractivity contribution in [3.8, 4) is 0 Å². The number of carbonyl (C=O) groups excluding carboxylic acids is 2. The summed E-state index contributed by atoms with van der Waals surface area (Å²) >= 11 is 11.9. The maximum atomic E-state index is 12.0. The lowest BCUT2D eigenvalue weighted by Crippen LogP contribution is -2.54. The summed E-state index contributed by atoms with van der Waals surface area (Å²) in [5, 5.41) is 3.87. The molecule has 0 bridgehead atoms. The van der Waals surface area contributed by atoms with Crippen LogP contribution in [-0.2, 0) is 6.54 Å². The predicted octanol–water partition coefficient (Wildman–Crippen LogP) is 1.90. The van der Waals surface area contributed by atoms with Gasteiger partial charge in [-0.3, -0.25) is 0 Å². The van der Waals surface area contributed by atoms with Crippen LogP contribution in [0.2, 0.25) is 10.0 Å². The maximum absolute atomic E-state index is 12.0. The number of carbonyl (C=O) groups is 2. The lowest BCUT2D eigenvalue weighted by Gasteiger charge is -2.33. The van der Waals surface area contributed by atoms with Crippen LogP contribution >= 0.6 is 23.2 Å². The van der Waals surface area contributed by atoms with Crippen LogP contribution < -0.4 is 11.1 Å². The van der Waals surface area contributed by atoms with Gasteiger partial charge in [0.25, 0.3) is 0 Å². The molecule has 0 aliphatic carbocycles. The summed E-state index contributed by atoms with van der Waals surface area (Å²) in [6, 6.07) is 4.49. The van der Waals surface area contributed by atoms with Gasteiger partial charge in [-0.1, -0.05) is 29.3 Å². The van der Waals surface area contributed by atoms with E-state index >= 15 is 0 Å². The number of rotatable bonds is 2. The molecule has 8 heteroatoms. The number of benzene rings is 1. The Kier molecular flexibility index (Phi) is 5.14. The van der Waals surface area contributed by atoms with E-state index in [-0.39, 0.29) is 6.03 Å². The number of nitrogens with two attached hydrogens (primary N) is 1. The molecule has 0 unspecified atom stereocenters. The monoisotopic (exact) mass is 330 g/mol. The van der Waals surface area contributed by atoms with Crippen molar-refractivity contribution < 1.29 is 9.59 Å². The maximum Gasteiger partial charge on any atom is 0.317 e. The highest BCUT2D eigenvalue weighted by Crippen LogP contribution is 2.20. The van der Waals surface area contributed by atoms with Gasteiger partial charge in [0.2, 0.25) is 0 Å². The van der Waals surface area contributed by atoms with Gasteiger partial charge in [-0.15, -0.1) is 0 Å². The second kappa shape index (κ2) is 6.87. The van der Waals surface area contributed by atoms with Gasteiger partial charge in [-0.2, -0.15) is 0 Å². The van der Waals surface area contributed by atoms with Crippen molar-refractivity contribution in [2.45, 2.75) is 6.54 Å². The number of primary amides is 1. The Morgan fingerprint density at radius 2 is 1.76 bits per heavy atom. The van der Waals surface area contributed by atoms with Crippen molar-refractivity contribution in [1.29, 1.82) is 0 Å². The summed E-state index contributed by atoms with van der Waals surface area (Å²) in [7, 11) is 0. The molecule has 0 spiro atoms. The Balaban J connectivity index is 1.84. The highest BCUT2D eigenvalue weighted by Gasteiger charge is 2.22. The molecule has 2 rings (SSSR count). The van der Waals surface area contributed by atoms with Crippen molar-refractivity contribution in [3.63, 3.8) is 0 Å². The molecule has 1 aliphatic rings. The van der Waals surface area contributed by atoms with Gasteiger partial charge >= 0.3 is 12.1 Å². The third-order valence-electron chi connectivity index (χ3n) is 3.32. The molecule has 21 heavy (non-hydrogen) atoms. The first kappa shape index (κ1) is 15.7. The highest BCUT2D eigenvalue weighted by molar-refractivity contribution is 6.35. The van der Waals surface area contributed by atoms with Crippen LogP contribution in [0.4, 0.5) is 9.59 Å². The standard InChI is InChI=1S/C13H16Cl2N4O2/c14-10-2-1-9(11(15)7-10)8-17-13(21)19-5-3-18(4-6-19)12(16)20/h1-2,7H,3-6,8H2,(H2,16,20)(H,17,21). The minimum absolute atomic E-state index is 0.190. The van der Waals surface area contributed by atoms with E-state index in [0.29, 0.717) is 42.8 Å². The quantitative estimate of drug-likeness (QED) is 0.868. The van der Waals surface area contributed by atoms with E-state index in [1.165, 1.54) is 4.90 Å². The molecular formula is C13H16Cl2N4O2. The molecule has 6 nitrogen and oxygen atoms in total. The first-order chi connectivity index (χ1) is 9.97. The fourth-order valence-electron chi connectivity index (χ4n) is 2.08. The van der Waals surface area contributed by atoms with Crippen molar-refractivity contribution >= 4 is 35.3 Å². The predicted molar refractivity (Wildman–Crippen MR) is 81.4 cm³/mol. The van der Waals surface area contributed by atoms with Gasteiger partial charge in [-0.05, 0) is 17.7 Å². The normalized spacial score (nSPS) is 15.0. The lowest BCUT2D eigenvalue weighted by molar-refractivity contribution is 0.147. The van der Waals surface area contributed by atoms with Crippen LogP contribution in [0.1, 0.15) is 5.56 Å². The van der Waals surface area contributed by atoms with E-state index in [1.807, 2.05) is 0 Å². The average molecular weight is 331 g/mol. The Morgan fingerprint density at radius 1 is 1.14 bits per heavy atom. The van der Waals surface area contributed by atoms with Gasteiger partial charge in [0.15, 0.2) is 0 Å². The Morgan fingerprint density at radius 3 is 2.33 bits per heavy atom. The molecule has 1 aliphatic heterocycles. The zero-order chi connectivity index (χ0) is 15.4. The summed E-state index contributed by atoms with van der Waals surface area (Å²) in [6.07, 6.45) is 0. The van der Waals surface area contributed by atoms with Gasteiger partial charge in [0.05, 0.1) is 0 Å². The van der Waals surface area contributed by atoms with Gasteiger partial charge in [0, 0.05) is 42.8 Å². The third kappa shape index (κ3) is 4.15. The van der Waals surface area contributed by atoms with Crippen LogP contribution in [0.3, 0.4) is 0 Å². The van der Waals surface area contributed by atoms with Crippen molar-refractivity contribution in [2.24, 2.45) is 5.73 Å². The first-order valence-corrected chi connectivity index (χ1v) is 7.24. The topological polar surface area (TPSA) is 78.7 Å². The van der Waals surface area contributed by atoms with Crippen LogP contribution in [0.5, 0.6) is 0 Å². The van der Waals surface area contributed by atoms with Gasteiger partial charge in [0.1, 0.15) is 0 Å². The molecule has 0 atom stereocenters. The van der Waals surface area contributed by atoms with Crippen molar-refractivity contribution in [2.75, 3.05) is 26.2 Å². The molecule has 3 N–H and O–H groups in total. The summed E-state index contributed by atoms with van der Waals surface area (Å²) in [6.45, 7) is 2.14. The molecule has 0 saturated carbocycles. The highest BCUT2D eigenvalue weighted by atomic mass is 35.5. The summed E-state index contributed by atoms with van der Waals surface area (Å²) in [5.74, 6) is 0. The second-order valence-electron chi connectivity index (χ2n) is 4.71. The SMILES string of the molecule is NC(=O)N1CCN(C(=O)NCc2ccc(Cl)cc2Cl)CC1. The molecule has 0 aromatic heterocycles. The number of hydrogen-bond donors (Lipinski definition) is 2. The minimum atomic E-state index is -0.456. The average Bonchev–Trinajstić information content (AvgIpc) is 2.46. The lowest BCUT2D eigenvalue weighted by atomic mass is 10.2. The smallest absolute Gasteiger partial charge is 0.317 e. The zero-order valence-electron chi connectivity index (χ0n) is 11.3. The van der Waals surface area contributed by atoms with E-state index < -0.39 is 6.03 Å². The molecular weight excluding hydrogens is 315 g/mol. The third-order valence-corrected chi connectivity index (χ3v) is 3.91. The van der Waals surface area contributed by atoms with Crippen molar-refractivity contribution in [1.82, 2.24) is 15.1 Å². The number of nitrogens with zero attached hydrogens (tertiary/aromatic N) is 2. The molecule has 1 fully saturated rings. The summed E-state index contributed by atoms with van der Waals surface area (Å²) < 4.78 is 0. The molecule has 1 aromatic carbocycles. The minimum Gasteiger partial charge on any atom is -0.351 e. The number of hydrogen-bond acceptors (Lipinski definition) is 2. The molecule has 114 valence electrons. The van der Waals surface area contributed by atoms with Gasteiger partial charge in [-0.25, -0.2) is 9.59 Å².